The van der Waals surface area contributed by atoms with E-state index in [1.807, 2.05) is 17.2 Å². The van der Waals surface area contributed by atoms with E-state index in [0.29, 0.717) is 50.6 Å². The van der Waals surface area contributed by atoms with Gasteiger partial charge in [-0.1, -0.05) is 12.6 Å². The van der Waals surface area contributed by atoms with Gasteiger partial charge in [-0.05, 0) is 50.6 Å². The number of aryl methyl sites for hydroxylation is 1. The van der Waals surface area contributed by atoms with Gasteiger partial charge in [0.1, 0.15) is 18.5 Å². The Kier molecular flexibility index (Phi) is 7.79. The Morgan fingerprint density at radius 2 is 2.14 bits per heavy atom. The molecule has 1 aromatic carbocycles. The van der Waals surface area contributed by atoms with Crippen LogP contribution in [0.4, 0.5) is 10.2 Å². The molecule has 1 amide bonds. The first-order chi connectivity index (χ1) is 20.3. The fourth-order valence-electron chi connectivity index (χ4n) is 6.41. The summed E-state index contributed by atoms with van der Waals surface area (Å²) in [6.45, 7) is 15.5. The normalized spacial score (nSPS) is 22.7. The highest BCUT2D eigenvalue weighted by molar-refractivity contribution is 5.91. The molecule has 11 nitrogen and oxygen atoms in total. The van der Waals surface area contributed by atoms with Gasteiger partial charge in [0.25, 0.3) is 5.91 Å². The summed E-state index contributed by atoms with van der Waals surface area (Å²) in [4.78, 5) is 31.5. The number of amides is 1. The average Bonchev–Trinajstić information content (AvgIpc) is 3.63. The first-order valence-corrected chi connectivity index (χ1v) is 14.3. The third kappa shape index (κ3) is 5.30. The van der Waals surface area contributed by atoms with E-state index in [1.165, 1.54) is 4.90 Å². The molecule has 2 aromatic heterocycles. The van der Waals surface area contributed by atoms with Crippen LogP contribution < -0.4 is 9.64 Å². The number of carbonyl (C=O) groups is 1. The van der Waals surface area contributed by atoms with Crippen molar-refractivity contribution in [3.8, 4) is 6.01 Å². The molecule has 12 heteroatoms. The van der Waals surface area contributed by atoms with Crippen molar-refractivity contribution in [2.45, 2.75) is 51.0 Å². The number of rotatable bonds is 7. The highest BCUT2D eigenvalue weighted by atomic mass is 19.1. The third-order valence-electron chi connectivity index (χ3n) is 8.72. The van der Waals surface area contributed by atoms with Crippen molar-refractivity contribution < 1.29 is 18.7 Å². The maximum Gasteiger partial charge on any atom is 0.318 e. The number of ether oxygens (including phenoxy) is 2. The Bertz CT molecular complexity index is 1550. The van der Waals surface area contributed by atoms with Crippen LogP contribution in [0.15, 0.2) is 30.7 Å². The highest BCUT2D eigenvalue weighted by Gasteiger charge is 2.37. The van der Waals surface area contributed by atoms with Gasteiger partial charge >= 0.3 is 6.01 Å². The number of fused-ring (bicyclic) bond motifs is 2. The van der Waals surface area contributed by atoms with Crippen molar-refractivity contribution in [1.29, 1.82) is 0 Å². The van der Waals surface area contributed by atoms with E-state index in [9.17, 15) is 9.18 Å². The number of hydrogen-bond donors (Lipinski definition) is 1. The van der Waals surface area contributed by atoms with Crippen molar-refractivity contribution in [3.63, 3.8) is 0 Å². The zero-order valence-electron chi connectivity index (χ0n) is 24.0. The number of likely N-dealkylation sites (tertiary alicyclic amines) is 1. The Balaban J connectivity index is 1.33. The molecule has 2 saturated heterocycles. The number of halogens is 1. The fourth-order valence-corrected chi connectivity index (χ4v) is 6.41. The second-order valence-corrected chi connectivity index (χ2v) is 11.3. The van der Waals surface area contributed by atoms with E-state index in [4.69, 9.17) is 26.0 Å². The van der Waals surface area contributed by atoms with E-state index < -0.39 is 17.8 Å². The molecular formula is C30H35FN8O3. The minimum absolute atomic E-state index is 0.0483. The summed E-state index contributed by atoms with van der Waals surface area (Å²) < 4.78 is 26.5. The predicted molar refractivity (Wildman–Crippen MR) is 155 cm³/mol. The number of aromatic nitrogens is 4. The molecule has 3 atom stereocenters. The summed E-state index contributed by atoms with van der Waals surface area (Å²) >= 11 is 0. The standard InChI is InChI=1S/C30H35FN8O3/c1-18-7-8-24-22(14-33-36-24)27(18)26-12-25-23(17-41-26)28(35-30(34-25)42-16-20-6-5-9-37(20)4)38-10-11-39(29(40)19(2)31)21(15-38)13-32-3/h7-8,14,20-21,26H,2,5-6,9-13,15-17H2,1,4H3,(H,33,36)/t20-,21-,26?/m0/s1. The van der Waals surface area contributed by atoms with Gasteiger partial charge in [0, 0.05) is 43.0 Å². The van der Waals surface area contributed by atoms with Gasteiger partial charge in [-0.15, -0.1) is 0 Å². The third-order valence-corrected chi connectivity index (χ3v) is 8.72. The van der Waals surface area contributed by atoms with Crippen LogP contribution in [-0.4, -0.2) is 94.3 Å². The molecule has 42 heavy (non-hydrogen) atoms. The zero-order valence-corrected chi connectivity index (χ0v) is 24.0. The minimum Gasteiger partial charge on any atom is -0.462 e. The molecule has 1 N–H and O–H groups in total. The fraction of sp³-hybridized carbons (Fsp3) is 0.500. The first kappa shape index (κ1) is 28.1. The topological polar surface area (TPSA) is 104 Å². The molecule has 220 valence electrons. The predicted octanol–water partition coefficient (Wildman–Crippen LogP) is 3.37. The van der Waals surface area contributed by atoms with Gasteiger partial charge < -0.3 is 29.0 Å². The molecule has 3 aliphatic rings. The van der Waals surface area contributed by atoms with Gasteiger partial charge in [0.2, 0.25) is 6.54 Å². The monoisotopic (exact) mass is 574 g/mol. The number of piperazine rings is 1. The lowest BCUT2D eigenvalue weighted by atomic mass is 9.93. The lowest BCUT2D eigenvalue weighted by Crippen LogP contribution is -2.57. The summed E-state index contributed by atoms with van der Waals surface area (Å²) in [6.07, 6.45) is 4.33. The number of benzene rings is 1. The Morgan fingerprint density at radius 1 is 1.29 bits per heavy atom. The molecule has 3 aliphatic heterocycles. The molecule has 5 heterocycles. The molecule has 0 spiro atoms. The van der Waals surface area contributed by atoms with Crippen molar-refractivity contribution in [2.75, 3.05) is 51.3 Å². The zero-order chi connectivity index (χ0) is 29.4. The van der Waals surface area contributed by atoms with Crippen LogP contribution in [-0.2, 0) is 22.6 Å². The lowest BCUT2D eigenvalue weighted by Gasteiger charge is -2.40. The number of likely N-dealkylation sites (N-methyl/N-ethyl adjacent to an activating group) is 1. The number of nitrogens with one attached hydrogen (secondary N) is 1. The van der Waals surface area contributed by atoms with Crippen molar-refractivity contribution in [3.05, 3.63) is 64.5 Å². The molecule has 0 bridgehead atoms. The Labute approximate surface area is 244 Å². The summed E-state index contributed by atoms with van der Waals surface area (Å²) in [5, 5.41) is 8.31. The maximum atomic E-state index is 13.8. The van der Waals surface area contributed by atoms with Crippen LogP contribution in [0.5, 0.6) is 6.01 Å². The largest absolute Gasteiger partial charge is 0.462 e. The summed E-state index contributed by atoms with van der Waals surface area (Å²) in [5.41, 5.74) is 4.86. The van der Waals surface area contributed by atoms with E-state index in [-0.39, 0.29) is 19.2 Å². The number of nitrogens with zero attached hydrogens (tertiary/aromatic N) is 7. The van der Waals surface area contributed by atoms with Crippen LogP contribution in [0.3, 0.4) is 0 Å². The number of carbonyl (C=O) groups excluding carboxylic acids is 1. The molecular weight excluding hydrogens is 539 g/mol. The second-order valence-electron chi connectivity index (χ2n) is 11.3. The molecule has 0 aliphatic carbocycles. The summed E-state index contributed by atoms with van der Waals surface area (Å²) in [5.74, 6) is -1.12. The van der Waals surface area contributed by atoms with E-state index in [2.05, 4.69) is 46.6 Å². The van der Waals surface area contributed by atoms with Crippen LogP contribution in [0.25, 0.3) is 15.7 Å². The number of anilines is 1. The van der Waals surface area contributed by atoms with Crippen molar-refractivity contribution in [2.24, 2.45) is 0 Å². The highest BCUT2D eigenvalue weighted by Crippen LogP contribution is 2.39. The molecule has 1 unspecified atom stereocenters. The van der Waals surface area contributed by atoms with Crippen LogP contribution in [0.1, 0.15) is 41.3 Å². The smallest absolute Gasteiger partial charge is 0.318 e. The van der Waals surface area contributed by atoms with E-state index >= 15 is 0 Å². The minimum atomic E-state index is -1.02. The first-order valence-electron chi connectivity index (χ1n) is 14.3. The maximum absolute atomic E-state index is 13.8. The van der Waals surface area contributed by atoms with Gasteiger partial charge in [0.05, 0.1) is 30.1 Å². The summed E-state index contributed by atoms with van der Waals surface area (Å²) in [7, 11) is 2.10. The van der Waals surface area contributed by atoms with Gasteiger partial charge in [-0.2, -0.15) is 15.1 Å². The molecule has 6 rings (SSSR count). The van der Waals surface area contributed by atoms with Crippen LogP contribution in [0, 0.1) is 13.5 Å². The molecule has 0 radical (unpaired) electrons. The SMILES string of the molecule is [C-]#[N+]C[C@H]1CN(c2nc(OC[C@@H]3CCCN3C)nc3c2COC(c2c(C)ccc4[nH]ncc24)C3)CCN1C(=O)C(=C)F. The quantitative estimate of drug-likeness (QED) is 0.339. The van der Waals surface area contributed by atoms with Crippen LogP contribution >= 0.6 is 0 Å². The Morgan fingerprint density at radius 3 is 2.90 bits per heavy atom. The van der Waals surface area contributed by atoms with Gasteiger partial charge in [-0.3, -0.25) is 9.89 Å². The second kappa shape index (κ2) is 11.7. The van der Waals surface area contributed by atoms with Gasteiger partial charge in [0.15, 0.2) is 5.83 Å². The molecule has 2 fully saturated rings. The number of H-pyrrole nitrogens is 1. The number of aromatic amines is 1. The molecule has 3 aromatic rings. The lowest BCUT2D eigenvalue weighted by molar-refractivity contribution is -0.131. The number of hydrogen-bond acceptors (Lipinski definition) is 8. The van der Waals surface area contributed by atoms with E-state index in [0.717, 1.165) is 52.7 Å². The summed E-state index contributed by atoms with van der Waals surface area (Å²) in [6, 6.07) is 4.19. The Hall–Kier alpha value is -4.08. The van der Waals surface area contributed by atoms with Crippen molar-refractivity contribution in [1.82, 2.24) is 30.0 Å². The average molecular weight is 575 g/mol. The van der Waals surface area contributed by atoms with Crippen LogP contribution in [0.2, 0.25) is 0 Å². The van der Waals surface area contributed by atoms with Gasteiger partial charge in [-0.25, -0.2) is 11.0 Å². The molecule has 0 saturated carbocycles. The van der Waals surface area contributed by atoms with E-state index in [1.54, 1.807) is 0 Å². The van der Waals surface area contributed by atoms with Crippen molar-refractivity contribution >= 4 is 22.6 Å².